The highest BCUT2D eigenvalue weighted by Gasteiger charge is 2.54. The number of aromatic nitrogens is 4. The van der Waals surface area contributed by atoms with Gasteiger partial charge in [-0.1, -0.05) is 26.0 Å². The second kappa shape index (κ2) is 9.87. The average Bonchev–Trinajstić information content (AvgIpc) is 3.26. The Bertz CT molecular complexity index is 1480. The molecule has 40 heavy (non-hydrogen) atoms. The number of alkyl halides is 3. The molecule has 3 aromatic rings. The van der Waals surface area contributed by atoms with Crippen LogP contribution in [0, 0.1) is 5.41 Å². The van der Waals surface area contributed by atoms with Gasteiger partial charge in [0.25, 0.3) is 11.5 Å². The zero-order chi connectivity index (χ0) is 28.9. The van der Waals surface area contributed by atoms with Crippen LogP contribution in [0.1, 0.15) is 80.2 Å². The summed E-state index contributed by atoms with van der Waals surface area (Å²) in [4.78, 5) is 26.4. The van der Waals surface area contributed by atoms with Crippen molar-refractivity contribution in [3.05, 3.63) is 75.7 Å². The number of hydrogen-bond acceptors (Lipinski definition) is 5. The summed E-state index contributed by atoms with van der Waals surface area (Å²) in [7, 11) is 1.90. The van der Waals surface area contributed by atoms with Gasteiger partial charge >= 0.3 is 6.18 Å². The van der Waals surface area contributed by atoms with E-state index in [1.165, 1.54) is 12.3 Å². The van der Waals surface area contributed by atoms with Crippen LogP contribution in [0.2, 0.25) is 0 Å². The fourth-order valence-corrected chi connectivity index (χ4v) is 6.35. The maximum absolute atomic E-state index is 13.4. The summed E-state index contributed by atoms with van der Waals surface area (Å²) < 4.78 is 42.3. The molecule has 0 radical (unpaired) electrons. The molecular weight excluding hydrogens is 521 g/mol. The topological polar surface area (TPSA) is 93.8 Å². The molecule has 1 amide bonds. The first-order valence-electron chi connectivity index (χ1n) is 13.5. The highest BCUT2D eigenvalue weighted by atomic mass is 19.4. The van der Waals surface area contributed by atoms with Gasteiger partial charge in [0.2, 0.25) is 0 Å². The minimum Gasteiger partial charge on any atom is -0.322 e. The van der Waals surface area contributed by atoms with E-state index >= 15 is 0 Å². The Hall–Kier alpha value is -3.47. The van der Waals surface area contributed by atoms with Crippen LogP contribution in [0.4, 0.5) is 18.9 Å². The maximum atomic E-state index is 13.4. The number of carbonyl (C=O) groups excluding carboxylic acids is 1. The molecule has 214 valence electrons. The lowest BCUT2D eigenvalue weighted by molar-refractivity contribution is -0.141. The fraction of sp³-hybridized carbons (Fsp3) is 0.517. The molecule has 2 N–H and O–H groups in total. The van der Waals surface area contributed by atoms with Gasteiger partial charge in [0.1, 0.15) is 24.3 Å². The predicted octanol–water partition coefficient (Wildman–Crippen LogP) is 4.93. The number of pyridine rings is 1. The number of nitrogens with zero attached hydrogens (tertiary/aromatic N) is 4. The van der Waals surface area contributed by atoms with E-state index in [-0.39, 0.29) is 23.1 Å². The molecule has 0 bridgehead atoms. The van der Waals surface area contributed by atoms with E-state index in [0.717, 1.165) is 43.5 Å². The van der Waals surface area contributed by atoms with Crippen molar-refractivity contribution in [3.8, 4) is 0 Å². The van der Waals surface area contributed by atoms with Crippen molar-refractivity contribution >= 4 is 11.6 Å². The first kappa shape index (κ1) is 28.1. The number of nitrogens with one attached hydrogen (secondary N) is 2. The fourth-order valence-electron chi connectivity index (χ4n) is 6.35. The highest BCUT2D eigenvalue weighted by Crippen LogP contribution is 2.58. The molecule has 1 aromatic carbocycles. The monoisotopic (exact) mass is 556 g/mol. The molecule has 0 spiro atoms. The smallest absolute Gasteiger partial charge is 0.322 e. The van der Waals surface area contributed by atoms with E-state index < -0.39 is 29.6 Å². The first-order chi connectivity index (χ1) is 18.7. The van der Waals surface area contributed by atoms with Crippen LogP contribution in [0.15, 0.2) is 47.7 Å². The number of aryl methyl sites for hydroxylation is 1. The van der Waals surface area contributed by atoms with Crippen LogP contribution in [-0.4, -0.2) is 37.0 Å². The molecule has 2 aromatic heterocycles. The van der Waals surface area contributed by atoms with E-state index in [1.54, 1.807) is 12.4 Å². The Morgan fingerprint density at radius 3 is 2.42 bits per heavy atom. The van der Waals surface area contributed by atoms with E-state index in [9.17, 15) is 22.8 Å². The third-order valence-electron chi connectivity index (χ3n) is 8.29. The molecule has 0 saturated heterocycles. The van der Waals surface area contributed by atoms with Gasteiger partial charge in [-0.3, -0.25) is 9.59 Å². The molecule has 2 heterocycles. The molecule has 2 aliphatic rings. The van der Waals surface area contributed by atoms with Gasteiger partial charge in [0, 0.05) is 31.0 Å². The molecule has 11 heteroatoms. The number of halogens is 3. The van der Waals surface area contributed by atoms with Gasteiger partial charge in [-0.15, -0.1) is 10.2 Å². The van der Waals surface area contributed by atoms with E-state index in [1.807, 2.05) is 29.8 Å². The minimum absolute atomic E-state index is 0.0946. The lowest BCUT2D eigenvalue weighted by Gasteiger charge is -2.52. The predicted molar refractivity (Wildman–Crippen MR) is 145 cm³/mol. The van der Waals surface area contributed by atoms with Crippen LogP contribution in [0.5, 0.6) is 0 Å². The van der Waals surface area contributed by atoms with Crippen molar-refractivity contribution < 1.29 is 18.0 Å². The van der Waals surface area contributed by atoms with Gasteiger partial charge in [0.05, 0.1) is 5.41 Å². The minimum atomic E-state index is -4.61. The Morgan fingerprint density at radius 1 is 1.12 bits per heavy atom. The lowest BCUT2D eigenvalue weighted by atomic mass is 9.51. The molecule has 5 rings (SSSR count). The quantitative estimate of drug-likeness (QED) is 0.411. The molecule has 0 atom stereocenters. The van der Waals surface area contributed by atoms with Gasteiger partial charge < -0.3 is 19.8 Å². The number of rotatable bonds is 8. The Kier molecular flexibility index (Phi) is 6.92. The van der Waals surface area contributed by atoms with Crippen LogP contribution >= 0.6 is 0 Å². The third kappa shape index (κ3) is 5.56. The van der Waals surface area contributed by atoms with Crippen molar-refractivity contribution in [2.24, 2.45) is 12.5 Å². The Balaban J connectivity index is 1.44. The lowest BCUT2D eigenvalue weighted by Crippen LogP contribution is -2.49. The number of anilines is 1. The summed E-state index contributed by atoms with van der Waals surface area (Å²) in [6.07, 6.45) is 2.91. The van der Waals surface area contributed by atoms with E-state index in [4.69, 9.17) is 0 Å². The molecule has 0 aliphatic heterocycles. The maximum Gasteiger partial charge on any atom is 0.406 e. The van der Waals surface area contributed by atoms with Crippen LogP contribution in [0.25, 0.3) is 0 Å². The summed E-state index contributed by atoms with van der Waals surface area (Å²) in [6, 6.07) is 8.73. The molecule has 2 fully saturated rings. The third-order valence-corrected chi connectivity index (χ3v) is 8.29. The van der Waals surface area contributed by atoms with Gasteiger partial charge in [-0.05, 0) is 73.8 Å². The largest absolute Gasteiger partial charge is 0.406 e. The number of hydrogen-bond donors (Lipinski definition) is 2. The van der Waals surface area contributed by atoms with Crippen molar-refractivity contribution in [2.45, 2.75) is 83.1 Å². The number of amides is 1. The van der Waals surface area contributed by atoms with Gasteiger partial charge in [-0.2, -0.15) is 13.2 Å². The Labute approximate surface area is 231 Å². The molecule has 2 saturated carbocycles. The summed E-state index contributed by atoms with van der Waals surface area (Å²) in [6.45, 7) is 5.21. The molecule has 2 aliphatic carbocycles. The number of carbonyl (C=O) groups is 1. The molecule has 0 unspecified atom stereocenters. The molecule has 8 nitrogen and oxygen atoms in total. The second-order valence-corrected chi connectivity index (χ2v) is 12.5. The van der Waals surface area contributed by atoms with Crippen LogP contribution in [0.3, 0.4) is 0 Å². The van der Waals surface area contributed by atoms with Crippen LogP contribution < -0.4 is 16.2 Å². The SMILES string of the molecule is Cn1cnnc1C1(c2cccc(NC(=O)c3cc(CNC4(C)CCC4)cn(CC(F)(F)F)c3=O)c2)CC(C)(C)C1. The van der Waals surface area contributed by atoms with Crippen LogP contribution in [-0.2, 0) is 25.6 Å². The highest BCUT2D eigenvalue weighted by molar-refractivity contribution is 6.04. The zero-order valence-electron chi connectivity index (χ0n) is 23.2. The van der Waals surface area contributed by atoms with E-state index in [0.29, 0.717) is 15.8 Å². The van der Waals surface area contributed by atoms with Crippen molar-refractivity contribution in [1.82, 2.24) is 24.6 Å². The first-order valence-corrected chi connectivity index (χ1v) is 13.5. The van der Waals surface area contributed by atoms with Crippen molar-refractivity contribution in [1.29, 1.82) is 0 Å². The van der Waals surface area contributed by atoms with Crippen molar-refractivity contribution in [3.63, 3.8) is 0 Å². The average molecular weight is 557 g/mol. The zero-order valence-corrected chi connectivity index (χ0v) is 23.2. The summed E-state index contributed by atoms with van der Waals surface area (Å²) >= 11 is 0. The van der Waals surface area contributed by atoms with E-state index in [2.05, 4.69) is 41.6 Å². The molecular formula is C29H35F3N6O2. The standard InChI is InChI=1S/C29H35F3N6O2/c1-26(2)15-28(16-26,25-36-34-18-37(25)4)20-7-5-8-21(12-20)35-23(39)22-11-19(13-33-27(3)9-6-10-27)14-38(24(22)40)17-29(30,31)32/h5,7-8,11-12,14,18,33H,6,9-10,13,15-17H2,1-4H3,(H,35,39). The van der Waals surface area contributed by atoms with Crippen molar-refractivity contribution in [2.75, 3.05) is 5.32 Å². The summed E-state index contributed by atoms with van der Waals surface area (Å²) in [5.74, 6) is 0.0714. The summed E-state index contributed by atoms with van der Waals surface area (Å²) in [5.41, 5.74) is 0.124. The normalized spacial score (nSPS) is 19.0. The number of benzene rings is 1. The second-order valence-electron chi connectivity index (χ2n) is 12.5. The Morgan fingerprint density at radius 2 is 1.85 bits per heavy atom. The van der Waals surface area contributed by atoms with Gasteiger partial charge in [0.15, 0.2) is 0 Å². The summed E-state index contributed by atoms with van der Waals surface area (Å²) in [5, 5.41) is 14.6. The van der Waals surface area contributed by atoms with Gasteiger partial charge in [-0.25, -0.2) is 0 Å².